The Bertz CT molecular complexity index is 884. The molecule has 1 aliphatic rings. The molecule has 6 heteroatoms. The molecule has 23 heavy (non-hydrogen) atoms. The summed E-state index contributed by atoms with van der Waals surface area (Å²) < 4.78 is 1.76. The number of hydrogen-bond donors (Lipinski definition) is 1. The Morgan fingerprint density at radius 1 is 1.17 bits per heavy atom. The van der Waals surface area contributed by atoms with E-state index < -0.39 is 0 Å². The third-order valence-corrected chi connectivity index (χ3v) is 4.17. The van der Waals surface area contributed by atoms with E-state index in [0.29, 0.717) is 0 Å². The maximum Gasteiger partial charge on any atom is 0.240 e. The van der Waals surface area contributed by atoms with E-state index in [9.17, 15) is 0 Å². The molecule has 2 N–H and O–H groups in total. The normalized spacial score (nSPS) is 15.4. The quantitative estimate of drug-likeness (QED) is 0.799. The van der Waals surface area contributed by atoms with Gasteiger partial charge in [-0.1, -0.05) is 30.3 Å². The first-order chi connectivity index (χ1) is 11.2. The van der Waals surface area contributed by atoms with Crippen molar-refractivity contribution in [3.8, 4) is 17.3 Å². The molecule has 1 aliphatic heterocycles. The number of nitrogens with two attached hydrogens (primary N) is 1. The van der Waals surface area contributed by atoms with Crippen LogP contribution < -0.4 is 5.73 Å². The lowest BCUT2D eigenvalue weighted by Crippen LogP contribution is -2.45. The average Bonchev–Trinajstić information content (AvgIpc) is 2.91. The maximum atomic E-state index is 8.82. The Balaban J connectivity index is 1.57. The Morgan fingerprint density at radius 3 is 2.70 bits per heavy atom. The van der Waals surface area contributed by atoms with Gasteiger partial charge in [-0.05, 0) is 17.7 Å². The van der Waals surface area contributed by atoms with E-state index in [1.807, 2.05) is 18.2 Å². The highest BCUT2D eigenvalue weighted by Crippen LogP contribution is 2.23. The Morgan fingerprint density at radius 2 is 1.96 bits per heavy atom. The van der Waals surface area contributed by atoms with Gasteiger partial charge < -0.3 is 5.73 Å². The van der Waals surface area contributed by atoms with Crippen molar-refractivity contribution in [1.82, 2.24) is 19.5 Å². The fourth-order valence-corrected chi connectivity index (χ4v) is 2.96. The molecule has 0 bridgehead atoms. The van der Waals surface area contributed by atoms with Gasteiger partial charge in [0.05, 0.1) is 17.7 Å². The fraction of sp³-hybridized carbons (Fsp3) is 0.235. The van der Waals surface area contributed by atoms with Crippen LogP contribution in [0.1, 0.15) is 5.56 Å². The molecule has 0 atom stereocenters. The molecule has 1 fully saturated rings. The van der Waals surface area contributed by atoms with Crippen molar-refractivity contribution in [2.24, 2.45) is 5.92 Å². The number of nitriles is 1. The predicted octanol–water partition coefficient (Wildman–Crippen LogP) is 1.93. The fourth-order valence-electron chi connectivity index (χ4n) is 2.96. The molecule has 0 unspecified atom stereocenters. The second-order valence-electron chi connectivity index (χ2n) is 5.87. The first-order valence-electron chi connectivity index (χ1n) is 7.55. The zero-order chi connectivity index (χ0) is 15.8. The van der Waals surface area contributed by atoms with Gasteiger partial charge in [-0.15, -0.1) is 5.10 Å². The molecule has 1 saturated heterocycles. The number of nitrogens with zero attached hydrogens (tertiary/aromatic N) is 5. The molecule has 3 heterocycles. The number of nitrogen functional groups attached to an aromatic ring is 1. The van der Waals surface area contributed by atoms with Crippen molar-refractivity contribution in [3.63, 3.8) is 0 Å². The number of benzene rings is 1. The van der Waals surface area contributed by atoms with Gasteiger partial charge in [-0.25, -0.2) is 4.52 Å². The van der Waals surface area contributed by atoms with E-state index in [4.69, 9.17) is 11.0 Å². The van der Waals surface area contributed by atoms with E-state index in [-0.39, 0.29) is 11.9 Å². The van der Waals surface area contributed by atoms with Crippen LogP contribution in [0.25, 0.3) is 16.9 Å². The third kappa shape index (κ3) is 2.51. The smallest absolute Gasteiger partial charge is 0.240 e. The summed E-state index contributed by atoms with van der Waals surface area (Å²) >= 11 is 0. The largest absolute Gasteiger partial charge is 0.366 e. The van der Waals surface area contributed by atoms with E-state index >= 15 is 0 Å². The highest BCUT2D eigenvalue weighted by atomic mass is 15.3. The molecule has 0 radical (unpaired) electrons. The molecule has 3 aromatic rings. The standard InChI is InChI=1S/C17H16N6/c18-8-13-10-22(11-13)9-12-4-6-14(7-5-12)15-2-1-3-16-20-17(19)21-23(15)16/h1-7,13H,9-11H2,(H2,19,21). The summed E-state index contributed by atoms with van der Waals surface area (Å²) in [5, 5.41) is 13.1. The molecule has 0 saturated carbocycles. The van der Waals surface area contributed by atoms with Crippen molar-refractivity contribution in [1.29, 1.82) is 5.26 Å². The second-order valence-corrected chi connectivity index (χ2v) is 5.87. The van der Waals surface area contributed by atoms with Crippen LogP contribution in [0, 0.1) is 17.2 Å². The van der Waals surface area contributed by atoms with Crippen molar-refractivity contribution in [3.05, 3.63) is 48.0 Å². The van der Waals surface area contributed by atoms with Gasteiger partial charge in [0, 0.05) is 25.2 Å². The van der Waals surface area contributed by atoms with Crippen molar-refractivity contribution in [2.45, 2.75) is 6.54 Å². The molecule has 114 valence electrons. The van der Waals surface area contributed by atoms with E-state index in [2.05, 4.69) is 45.3 Å². The van der Waals surface area contributed by atoms with Gasteiger partial charge in [0.2, 0.25) is 5.95 Å². The number of pyridine rings is 1. The molecule has 1 aromatic carbocycles. The summed E-state index contributed by atoms with van der Waals surface area (Å²) in [5.41, 5.74) is 9.71. The molecule has 4 rings (SSSR count). The zero-order valence-corrected chi connectivity index (χ0v) is 12.6. The summed E-state index contributed by atoms with van der Waals surface area (Å²) in [7, 11) is 0. The predicted molar refractivity (Wildman–Crippen MR) is 87.2 cm³/mol. The highest BCUT2D eigenvalue weighted by molar-refractivity contribution is 5.63. The summed E-state index contributed by atoms with van der Waals surface area (Å²) in [4.78, 5) is 6.47. The highest BCUT2D eigenvalue weighted by Gasteiger charge is 2.25. The second kappa shape index (κ2) is 5.38. The Hall–Kier alpha value is -2.91. The van der Waals surface area contributed by atoms with Crippen LogP contribution in [-0.2, 0) is 6.54 Å². The number of aromatic nitrogens is 3. The maximum absolute atomic E-state index is 8.82. The van der Waals surface area contributed by atoms with Crippen LogP contribution >= 0.6 is 0 Å². The van der Waals surface area contributed by atoms with Crippen molar-refractivity contribution >= 4 is 11.6 Å². The van der Waals surface area contributed by atoms with Crippen LogP contribution in [0.4, 0.5) is 5.95 Å². The number of anilines is 1. The monoisotopic (exact) mass is 304 g/mol. The first-order valence-corrected chi connectivity index (χ1v) is 7.55. The molecule has 0 aliphatic carbocycles. The molecule has 0 spiro atoms. The lowest BCUT2D eigenvalue weighted by Gasteiger charge is -2.35. The lowest BCUT2D eigenvalue weighted by molar-refractivity contribution is 0.127. The van der Waals surface area contributed by atoms with E-state index in [0.717, 1.165) is 36.5 Å². The minimum absolute atomic E-state index is 0.199. The van der Waals surface area contributed by atoms with Gasteiger partial charge in [0.15, 0.2) is 5.65 Å². The Kier molecular flexibility index (Phi) is 3.21. The summed E-state index contributed by atoms with van der Waals surface area (Å²) in [6, 6.07) is 16.6. The van der Waals surface area contributed by atoms with E-state index in [1.54, 1.807) is 4.52 Å². The topological polar surface area (TPSA) is 83.2 Å². The van der Waals surface area contributed by atoms with Crippen LogP contribution in [0.2, 0.25) is 0 Å². The van der Waals surface area contributed by atoms with Crippen LogP contribution in [0.5, 0.6) is 0 Å². The third-order valence-electron chi connectivity index (χ3n) is 4.17. The number of hydrogen-bond acceptors (Lipinski definition) is 5. The van der Waals surface area contributed by atoms with E-state index in [1.165, 1.54) is 5.56 Å². The van der Waals surface area contributed by atoms with Crippen LogP contribution in [0.15, 0.2) is 42.5 Å². The van der Waals surface area contributed by atoms with Gasteiger partial charge in [0.1, 0.15) is 0 Å². The number of rotatable bonds is 3. The molecular formula is C17H16N6. The first kappa shape index (κ1) is 13.7. The Labute approximate surface area is 133 Å². The van der Waals surface area contributed by atoms with Gasteiger partial charge in [-0.2, -0.15) is 10.2 Å². The van der Waals surface area contributed by atoms with Crippen molar-refractivity contribution in [2.75, 3.05) is 18.8 Å². The minimum atomic E-state index is 0.199. The molecular weight excluding hydrogens is 288 g/mol. The SMILES string of the molecule is N#CC1CN(Cc2ccc(-c3cccc4nc(N)nn34)cc2)C1. The van der Waals surface area contributed by atoms with Gasteiger partial charge >= 0.3 is 0 Å². The van der Waals surface area contributed by atoms with Gasteiger partial charge in [0.25, 0.3) is 0 Å². The van der Waals surface area contributed by atoms with Crippen LogP contribution in [-0.4, -0.2) is 32.6 Å². The number of fused-ring (bicyclic) bond motifs is 1. The van der Waals surface area contributed by atoms with Crippen LogP contribution in [0.3, 0.4) is 0 Å². The zero-order valence-electron chi connectivity index (χ0n) is 12.6. The minimum Gasteiger partial charge on any atom is -0.366 e. The van der Waals surface area contributed by atoms with Gasteiger partial charge in [-0.3, -0.25) is 4.90 Å². The lowest BCUT2D eigenvalue weighted by atomic mass is 10.0. The molecule has 0 amide bonds. The average molecular weight is 304 g/mol. The van der Waals surface area contributed by atoms with Crippen molar-refractivity contribution < 1.29 is 0 Å². The molecule has 6 nitrogen and oxygen atoms in total. The summed E-state index contributed by atoms with van der Waals surface area (Å²) in [6.07, 6.45) is 0. The molecule has 2 aromatic heterocycles. The number of likely N-dealkylation sites (tertiary alicyclic amines) is 1. The summed E-state index contributed by atoms with van der Waals surface area (Å²) in [6.45, 7) is 2.63. The summed E-state index contributed by atoms with van der Waals surface area (Å²) in [5.74, 6) is 0.476.